The molecule has 0 bridgehead atoms. The lowest BCUT2D eigenvalue weighted by atomic mass is 9.87. The average molecular weight is 368 g/mol. The molecular formula is C24H24N4. The van der Waals surface area contributed by atoms with E-state index in [2.05, 4.69) is 73.9 Å². The number of imidazole rings is 1. The van der Waals surface area contributed by atoms with Crippen LogP contribution in [-0.4, -0.2) is 16.7 Å². The van der Waals surface area contributed by atoms with E-state index in [0.717, 1.165) is 33.5 Å². The van der Waals surface area contributed by atoms with Crippen LogP contribution in [0.25, 0.3) is 33.5 Å². The van der Waals surface area contributed by atoms with Gasteiger partial charge in [0.2, 0.25) is 0 Å². The molecule has 28 heavy (non-hydrogen) atoms. The zero-order valence-corrected chi connectivity index (χ0v) is 16.5. The molecule has 4 nitrogen and oxygen atoms in total. The minimum absolute atomic E-state index is 0.139. The van der Waals surface area contributed by atoms with Gasteiger partial charge in [-0.15, -0.1) is 0 Å². The first-order valence-electron chi connectivity index (χ1n) is 9.32. The van der Waals surface area contributed by atoms with Crippen molar-refractivity contribution in [3.8, 4) is 22.5 Å². The summed E-state index contributed by atoms with van der Waals surface area (Å²) in [5.41, 5.74) is 14.0. The Morgan fingerprint density at radius 3 is 2.18 bits per heavy atom. The molecule has 0 aliphatic heterocycles. The highest BCUT2D eigenvalue weighted by atomic mass is 14.9. The Bertz CT molecular complexity index is 1160. The highest BCUT2D eigenvalue weighted by Gasteiger charge is 2.14. The molecule has 4 aromatic rings. The maximum absolute atomic E-state index is 6.05. The summed E-state index contributed by atoms with van der Waals surface area (Å²) in [5.74, 6) is 0.873. The van der Waals surface area contributed by atoms with E-state index >= 15 is 0 Å². The highest BCUT2D eigenvalue weighted by molar-refractivity contribution is 5.86. The molecule has 3 aromatic carbocycles. The third-order valence-corrected chi connectivity index (χ3v) is 5.04. The first-order chi connectivity index (χ1) is 13.3. The van der Waals surface area contributed by atoms with Crippen LogP contribution >= 0.6 is 0 Å². The molecule has 4 heteroatoms. The topological polar surface area (TPSA) is 67.1 Å². The van der Waals surface area contributed by atoms with Gasteiger partial charge in [-0.1, -0.05) is 57.2 Å². The molecule has 4 rings (SSSR count). The van der Waals surface area contributed by atoms with E-state index in [9.17, 15) is 0 Å². The largest absolute Gasteiger partial charge is 0.397 e. The van der Waals surface area contributed by atoms with E-state index in [1.165, 1.54) is 5.56 Å². The third-order valence-electron chi connectivity index (χ3n) is 5.04. The second-order valence-electron chi connectivity index (χ2n) is 8.08. The first kappa shape index (κ1) is 18.0. The van der Waals surface area contributed by atoms with Crippen molar-refractivity contribution in [1.29, 1.82) is 0 Å². The lowest BCUT2D eigenvalue weighted by Gasteiger charge is -2.18. The van der Waals surface area contributed by atoms with Crippen molar-refractivity contribution < 1.29 is 0 Å². The minimum Gasteiger partial charge on any atom is -0.397 e. The second kappa shape index (κ2) is 6.64. The number of aromatic nitrogens is 2. The number of nitrogen functional groups attached to an aromatic ring is 1. The van der Waals surface area contributed by atoms with Gasteiger partial charge in [0.25, 0.3) is 0 Å². The summed E-state index contributed by atoms with van der Waals surface area (Å²) < 4.78 is 0. The lowest BCUT2D eigenvalue weighted by molar-refractivity contribution is 0.590. The van der Waals surface area contributed by atoms with E-state index < -0.39 is 0 Å². The zero-order chi connectivity index (χ0) is 19.9. The molecule has 0 atom stereocenters. The monoisotopic (exact) mass is 368 g/mol. The maximum atomic E-state index is 6.05. The molecule has 0 saturated heterocycles. The third kappa shape index (κ3) is 3.29. The van der Waals surface area contributed by atoms with Gasteiger partial charge in [0.15, 0.2) is 0 Å². The van der Waals surface area contributed by atoms with Crippen molar-refractivity contribution in [2.45, 2.75) is 26.2 Å². The van der Waals surface area contributed by atoms with Gasteiger partial charge in [0, 0.05) is 5.56 Å². The number of H-pyrrole nitrogens is 1. The molecular weight excluding hydrogens is 344 g/mol. The van der Waals surface area contributed by atoms with Crippen molar-refractivity contribution in [2.24, 2.45) is 4.99 Å². The Hall–Kier alpha value is -3.40. The van der Waals surface area contributed by atoms with Gasteiger partial charge < -0.3 is 10.7 Å². The van der Waals surface area contributed by atoms with Crippen molar-refractivity contribution in [2.75, 3.05) is 5.73 Å². The van der Waals surface area contributed by atoms with Crippen LogP contribution < -0.4 is 5.73 Å². The van der Waals surface area contributed by atoms with Crippen molar-refractivity contribution >= 4 is 29.1 Å². The number of aromatic amines is 1. The number of nitrogens with two attached hydrogens (primary N) is 1. The fourth-order valence-electron chi connectivity index (χ4n) is 3.33. The van der Waals surface area contributed by atoms with Gasteiger partial charge >= 0.3 is 0 Å². The smallest absolute Gasteiger partial charge is 0.138 e. The molecule has 0 unspecified atom stereocenters. The number of anilines is 1. The summed E-state index contributed by atoms with van der Waals surface area (Å²) in [6.45, 7) is 10.2. The standard InChI is InChI=1S/C24H24N4/c1-24(2,3)18-9-5-15(6-10-18)23-27-21-12-8-17(14-22(21)28-23)16-7-11-20(26-4)19(25)13-16/h5-14H,4,25H2,1-3H3,(H,27,28). The van der Waals surface area contributed by atoms with Gasteiger partial charge in [-0.25, -0.2) is 4.98 Å². The van der Waals surface area contributed by atoms with Crippen LogP contribution in [0, 0.1) is 0 Å². The number of aliphatic imine (C=N–C) groups is 1. The minimum atomic E-state index is 0.139. The highest BCUT2D eigenvalue weighted by Crippen LogP contribution is 2.31. The number of benzene rings is 3. The summed E-state index contributed by atoms with van der Waals surface area (Å²) in [6, 6.07) is 20.6. The van der Waals surface area contributed by atoms with Crippen LogP contribution in [0.1, 0.15) is 26.3 Å². The first-order valence-corrected chi connectivity index (χ1v) is 9.32. The maximum Gasteiger partial charge on any atom is 0.138 e. The molecule has 0 fully saturated rings. The molecule has 0 amide bonds. The lowest BCUT2D eigenvalue weighted by Crippen LogP contribution is -2.10. The van der Waals surface area contributed by atoms with Gasteiger partial charge in [-0.2, -0.15) is 0 Å². The number of fused-ring (bicyclic) bond motifs is 1. The summed E-state index contributed by atoms with van der Waals surface area (Å²) >= 11 is 0. The summed E-state index contributed by atoms with van der Waals surface area (Å²) in [7, 11) is 0. The van der Waals surface area contributed by atoms with E-state index in [0.29, 0.717) is 11.4 Å². The van der Waals surface area contributed by atoms with Gasteiger partial charge in [-0.05, 0) is 53.1 Å². The van der Waals surface area contributed by atoms with Crippen LogP contribution in [-0.2, 0) is 5.41 Å². The summed E-state index contributed by atoms with van der Waals surface area (Å²) in [4.78, 5) is 12.1. The number of nitrogens with one attached hydrogen (secondary N) is 1. The molecule has 140 valence electrons. The Morgan fingerprint density at radius 2 is 1.54 bits per heavy atom. The quantitative estimate of drug-likeness (QED) is 0.338. The fraction of sp³-hybridized carbons (Fsp3) is 0.167. The van der Waals surface area contributed by atoms with E-state index in [-0.39, 0.29) is 5.41 Å². The van der Waals surface area contributed by atoms with Crippen LogP contribution in [0.5, 0.6) is 0 Å². The molecule has 0 radical (unpaired) electrons. The second-order valence-corrected chi connectivity index (χ2v) is 8.08. The van der Waals surface area contributed by atoms with Gasteiger partial charge in [0.05, 0.1) is 22.4 Å². The normalized spacial score (nSPS) is 11.7. The predicted octanol–water partition coefficient (Wildman–Crippen LogP) is 6.11. The molecule has 0 spiro atoms. The molecule has 0 aliphatic rings. The van der Waals surface area contributed by atoms with Crippen LogP contribution in [0.2, 0.25) is 0 Å². The SMILES string of the molecule is C=Nc1ccc(-c2ccc3nc(-c4ccc(C(C)(C)C)cc4)[nH]c3c2)cc1N. The Balaban J connectivity index is 1.70. The Labute approximate surface area is 165 Å². The number of hydrogen-bond donors (Lipinski definition) is 2. The van der Waals surface area contributed by atoms with Crippen molar-refractivity contribution in [1.82, 2.24) is 9.97 Å². The van der Waals surface area contributed by atoms with Gasteiger partial charge in [0.1, 0.15) is 5.82 Å². The van der Waals surface area contributed by atoms with Crippen LogP contribution in [0.3, 0.4) is 0 Å². The number of hydrogen-bond acceptors (Lipinski definition) is 3. The summed E-state index contributed by atoms with van der Waals surface area (Å²) in [5, 5.41) is 0. The van der Waals surface area contributed by atoms with E-state index in [1.807, 2.05) is 24.3 Å². The number of rotatable bonds is 3. The van der Waals surface area contributed by atoms with Gasteiger partial charge in [-0.3, -0.25) is 4.99 Å². The Kier molecular flexibility index (Phi) is 4.27. The predicted molar refractivity (Wildman–Crippen MR) is 119 cm³/mol. The number of nitrogens with zero attached hydrogens (tertiary/aromatic N) is 2. The zero-order valence-electron chi connectivity index (χ0n) is 16.5. The molecule has 1 aromatic heterocycles. The van der Waals surface area contributed by atoms with Crippen LogP contribution in [0.4, 0.5) is 11.4 Å². The van der Waals surface area contributed by atoms with E-state index in [4.69, 9.17) is 10.7 Å². The Morgan fingerprint density at radius 1 is 0.893 bits per heavy atom. The average Bonchev–Trinajstić information content (AvgIpc) is 3.10. The van der Waals surface area contributed by atoms with Crippen molar-refractivity contribution in [3.63, 3.8) is 0 Å². The molecule has 1 heterocycles. The van der Waals surface area contributed by atoms with Crippen LogP contribution in [0.15, 0.2) is 65.7 Å². The fourth-order valence-corrected chi connectivity index (χ4v) is 3.33. The summed E-state index contributed by atoms with van der Waals surface area (Å²) in [6.07, 6.45) is 0. The van der Waals surface area contributed by atoms with Crippen molar-refractivity contribution in [3.05, 3.63) is 66.2 Å². The molecule has 3 N–H and O–H groups in total. The molecule has 0 aliphatic carbocycles. The molecule has 0 saturated carbocycles. The van der Waals surface area contributed by atoms with E-state index in [1.54, 1.807) is 0 Å².